The first-order valence-corrected chi connectivity index (χ1v) is 18.7. The first-order chi connectivity index (χ1) is 20.8. The molecule has 0 unspecified atom stereocenters. The molecule has 2 N–H and O–H groups in total. The molecule has 0 aromatic heterocycles. The lowest BCUT2D eigenvalue weighted by Gasteiger charge is -2.18. The number of rotatable bonds is 31. The first-order valence-electron chi connectivity index (χ1n) is 17.1. The summed E-state index contributed by atoms with van der Waals surface area (Å²) in [6, 6.07) is 0. The third-order valence-corrected chi connectivity index (χ3v) is 7.68. The number of phosphoric acid groups is 1. The molecule has 0 radical (unpaired) electrons. The van der Waals surface area contributed by atoms with E-state index < -0.39 is 32.5 Å². The third kappa shape index (κ3) is 33.3. The van der Waals surface area contributed by atoms with Gasteiger partial charge in [-0.25, -0.2) is 4.57 Å². The average molecular weight is 631 g/mol. The highest BCUT2D eigenvalue weighted by molar-refractivity contribution is 7.46. The van der Waals surface area contributed by atoms with E-state index in [2.05, 4.69) is 42.7 Å². The Labute approximate surface area is 262 Å². The number of allylic oxidation sites excluding steroid dienone is 4. The fraction of sp³-hybridized carbons (Fsp3) is 0.824. The van der Waals surface area contributed by atoms with Crippen molar-refractivity contribution in [2.24, 2.45) is 0 Å². The van der Waals surface area contributed by atoms with Crippen LogP contribution in [0.2, 0.25) is 0 Å². The molecule has 0 bridgehead atoms. The minimum absolute atomic E-state index is 0.199. The summed E-state index contributed by atoms with van der Waals surface area (Å²) in [6.07, 6.45) is 31.9. The highest BCUT2D eigenvalue weighted by Crippen LogP contribution is 2.35. The molecule has 1 atom stereocenters. The minimum Gasteiger partial charge on any atom is -0.462 e. The predicted molar refractivity (Wildman–Crippen MR) is 175 cm³/mol. The SMILES string of the molecule is CCCCC/C=C/CCCCCCCC(=O)O[C@H](COC(=O)CCCCC/C=C/CCCCCCCC)COP(=O)(O)O. The molecule has 43 heavy (non-hydrogen) atoms. The van der Waals surface area contributed by atoms with Gasteiger partial charge >= 0.3 is 19.8 Å². The molecule has 0 heterocycles. The first kappa shape index (κ1) is 41.5. The lowest BCUT2D eigenvalue weighted by molar-refractivity contribution is -0.161. The summed E-state index contributed by atoms with van der Waals surface area (Å²) in [6.45, 7) is 3.60. The van der Waals surface area contributed by atoms with Gasteiger partial charge in [-0.3, -0.25) is 14.1 Å². The minimum atomic E-state index is -4.75. The number of ether oxygens (including phenoxy) is 2. The van der Waals surface area contributed by atoms with Gasteiger partial charge in [0.1, 0.15) is 6.61 Å². The Bertz CT molecular complexity index is 761. The fourth-order valence-corrected chi connectivity index (χ4v) is 4.96. The summed E-state index contributed by atoms with van der Waals surface area (Å²) < 4.78 is 26.2. The normalized spacial score (nSPS) is 12.7. The molecule has 0 aliphatic rings. The van der Waals surface area contributed by atoms with Gasteiger partial charge in [0.15, 0.2) is 6.10 Å². The number of carbonyl (C=O) groups is 2. The highest BCUT2D eigenvalue weighted by Gasteiger charge is 2.22. The second-order valence-electron chi connectivity index (χ2n) is 11.5. The van der Waals surface area contributed by atoms with E-state index in [-0.39, 0.29) is 19.4 Å². The second kappa shape index (κ2) is 30.6. The summed E-state index contributed by atoms with van der Waals surface area (Å²) in [4.78, 5) is 42.5. The van der Waals surface area contributed by atoms with Crippen LogP contribution in [0.1, 0.15) is 162 Å². The van der Waals surface area contributed by atoms with Crippen molar-refractivity contribution in [3.8, 4) is 0 Å². The molecule has 0 fully saturated rings. The zero-order valence-electron chi connectivity index (χ0n) is 27.4. The van der Waals surface area contributed by atoms with Crippen LogP contribution >= 0.6 is 7.82 Å². The number of carbonyl (C=O) groups excluding carboxylic acids is 2. The Kier molecular flexibility index (Phi) is 29.5. The lowest BCUT2D eigenvalue weighted by Crippen LogP contribution is -2.29. The van der Waals surface area contributed by atoms with Gasteiger partial charge in [-0.05, 0) is 64.2 Å². The molecule has 8 nitrogen and oxygen atoms in total. The summed E-state index contributed by atoms with van der Waals surface area (Å²) >= 11 is 0. The van der Waals surface area contributed by atoms with E-state index >= 15 is 0 Å². The van der Waals surface area contributed by atoms with Crippen LogP contribution in [-0.2, 0) is 28.2 Å². The van der Waals surface area contributed by atoms with E-state index in [4.69, 9.17) is 19.3 Å². The van der Waals surface area contributed by atoms with Crippen LogP contribution in [-0.4, -0.2) is 41.0 Å². The van der Waals surface area contributed by atoms with Gasteiger partial charge < -0.3 is 19.3 Å². The molecule has 0 aromatic rings. The second-order valence-corrected chi connectivity index (χ2v) is 12.7. The molecule has 0 rings (SSSR count). The van der Waals surface area contributed by atoms with Crippen LogP contribution in [0.25, 0.3) is 0 Å². The molecule has 0 spiro atoms. The number of hydrogen-bond acceptors (Lipinski definition) is 6. The standard InChI is InChI=1S/C34H63O8P/c1-3-5-7-9-11-13-15-17-19-20-22-24-26-28-33(35)40-30-32(31-41-43(37,38)39)42-34(36)29-27-25-23-21-18-16-14-12-10-8-6-4-2/h12,14,17,19,32H,3-11,13,15-16,18,20-31H2,1-2H3,(H2,37,38,39)/b14-12+,19-17+/t32-/m1/s1. The van der Waals surface area contributed by atoms with Gasteiger partial charge in [0.05, 0.1) is 6.61 Å². The Morgan fingerprint density at radius 2 is 0.977 bits per heavy atom. The number of phosphoric ester groups is 1. The smallest absolute Gasteiger partial charge is 0.462 e. The van der Waals surface area contributed by atoms with Crippen molar-refractivity contribution < 1.29 is 37.9 Å². The maximum absolute atomic E-state index is 12.3. The average Bonchev–Trinajstić information content (AvgIpc) is 2.97. The van der Waals surface area contributed by atoms with Crippen molar-refractivity contribution in [3.05, 3.63) is 24.3 Å². The molecule has 9 heteroatoms. The summed E-state index contributed by atoms with van der Waals surface area (Å²) in [5, 5.41) is 0. The summed E-state index contributed by atoms with van der Waals surface area (Å²) in [7, 11) is -4.75. The zero-order chi connectivity index (χ0) is 31.9. The molecule has 0 aliphatic heterocycles. The van der Waals surface area contributed by atoms with E-state index in [9.17, 15) is 14.2 Å². The molecule has 252 valence electrons. The van der Waals surface area contributed by atoms with Crippen LogP contribution in [0.3, 0.4) is 0 Å². The van der Waals surface area contributed by atoms with E-state index in [1.54, 1.807) is 0 Å². The fourth-order valence-electron chi connectivity index (χ4n) is 4.60. The Morgan fingerprint density at radius 3 is 1.49 bits per heavy atom. The van der Waals surface area contributed by atoms with Crippen molar-refractivity contribution in [1.82, 2.24) is 0 Å². The third-order valence-electron chi connectivity index (χ3n) is 7.19. The molecule has 0 saturated heterocycles. The Morgan fingerprint density at radius 1 is 0.581 bits per heavy atom. The maximum atomic E-state index is 12.3. The van der Waals surface area contributed by atoms with E-state index in [0.29, 0.717) is 12.8 Å². The molecular weight excluding hydrogens is 567 g/mol. The highest BCUT2D eigenvalue weighted by atomic mass is 31.2. The van der Waals surface area contributed by atoms with Crippen molar-refractivity contribution in [2.45, 2.75) is 168 Å². The number of unbranched alkanes of at least 4 members (excludes halogenated alkanes) is 17. The van der Waals surface area contributed by atoms with Crippen LogP contribution in [0, 0.1) is 0 Å². The molecule has 0 aliphatic carbocycles. The van der Waals surface area contributed by atoms with Gasteiger partial charge in [-0.2, -0.15) is 0 Å². The van der Waals surface area contributed by atoms with Gasteiger partial charge in [0.2, 0.25) is 0 Å². The molecular formula is C34H63O8P. The van der Waals surface area contributed by atoms with Gasteiger partial charge in [-0.15, -0.1) is 0 Å². The Balaban J connectivity index is 4.05. The van der Waals surface area contributed by atoms with Crippen LogP contribution in [0.15, 0.2) is 24.3 Å². The predicted octanol–water partition coefficient (Wildman–Crippen LogP) is 9.68. The maximum Gasteiger partial charge on any atom is 0.469 e. The van der Waals surface area contributed by atoms with Crippen LogP contribution in [0.4, 0.5) is 0 Å². The number of hydrogen-bond donors (Lipinski definition) is 2. The van der Waals surface area contributed by atoms with Crippen molar-refractivity contribution in [1.29, 1.82) is 0 Å². The van der Waals surface area contributed by atoms with Gasteiger partial charge in [0, 0.05) is 12.8 Å². The van der Waals surface area contributed by atoms with Crippen LogP contribution in [0.5, 0.6) is 0 Å². The van der Waals surface area contributed by atoms with Gasteiger partial charge in [0.25, 0.3) is 0 Å². The van der Waals surface area contributed by atoms with Crippen molar-refractivity contribution in [3.63, 3.8) is 0 Å². The van der Waals surface area contributed by atoms with E-state index in [1.807, 2.05) is 0 Å². The van der Waals surface area contributed by atoms with Crippen LogP contribution < -0.4 is 0 Å². The summed E-state index contributed by atoms with van der Waals surface area (Å²) in [5.41, 5.74) is 0. The molecule has 0 saturated carbocycles. The summed E-state index contributed by atoms with van der Waals surface area (Å²) in [5.74, 6) is -0.915. The zero-order valence-corrected chi connectivity index (χ0v) is 28.2. The monoisotopic (exact) mass is 630 g/mol. The quantitative estimate of drug-likeness (QED) is 0.0336. The Hall–Kier alpha value is -1.47. The molecule has 0 aromatic carbocycles. The topological polar surface area (TPSA) is 119 Å². The van der Waals surface area contributed by atoms with E-state index in [0.717, 1.165) is 64.2 Å². The van der Waals surface area contributed by atoms with Crippen molar-refractivity contribution in [2.75, 3.05) is 13.2 Å². The van der Waals surface area contributed by atoms with Gasteiger partial charge in [-0.1, -0.05) is 109 Å². The number of esters is 2. The van der Waals surface area contributed by atoms with Crippen molar-refractivity contribution >= 4 is 19.8 Å². The lowest BCUT2D eigenvalue weighted by atomic mass is 10.1. The van der Waals surface area contributed by atoms with E-state index in [1.165, 1.54) is 57.8 Å². The molecule has 0 amide bonds. The largest absolute Gasteiger partial charge is 0.469 e.